The Bertz CT molecular complexity index is 542. The van der Waals surface area contributed by atoms with Gasteiger partial charge in [0.05, 0.1) is 13.2 Å². The highest BCUT2D eigenvalue weighted by Crippen LogP contribution is 2.20. The molecule has 1 aromatic carbocycles. The maximum Gasteiger partial charge on any atom is 0.123 e. The molecule has 5 heteroatoms. The summed E-state index contributed by atoms with van der Waals surface area (Å²) < 4.78 is 20.4. The molecule has 2 rings (SSSR count). The molecule has 108 valence electrons. The van der Waals surface area contributed by atoms with Gasteiger partial charge in [-0.25, -0.2) is 4.39 Å². The molecular formula is C15H20FN3O. The molecule has 0 saturated carbocycles. The molecule has 4 nitrogen and oxygen atoms in total. The Morgan fingerprint density at radius 2 is 2.20 bits per heavy atom. The molecule has 0 saturated heterocycles. The molecule has 2 atom stereocenters. The van der Waals surface area contributed by atoms with E-state index in [1.54, 1.807) is 19.4 Å². The number of benzene rings is 1. The van der Waals surface area contributed by atoms with Gasteiger partial charge in [0.2, 0.25) is 0 Å². The fraction of sp³-hybridized carbons (Fsp3) is 0.400. The minimum Gasteiger partial charge on any atom is -0.496 e. The van der Waals surface area contributed by atoms with Crippen LogP contribution in [0.3, 0.4) is 0 Å². The van der Waals surface area contributed by atoms with Crippen LogP contribution in [0.4, 0.5) is 4.39 Å². The van der Waals surface area contributed by atoms with Crippen LogP contribution >= 0.6 is 0 Å². The number of hydrogen-bond donors (Lipinski definition) is 1. The van der Waals surface area contributed by atoms with Gasteiger partial charge in [0.1, 0.15) is 11.6 Å². The predicted molar refractivity (Wildman–Crippen MR) is 76.2 cm³/mol. The molecule has 0 spiro atoms. The quantitative estimate of drug-likeness (QED) is 0.882. The van der Waals surface area contributed by atoms with Gasteiger partial charge in [-0.1, -0.05) is 0 Å². The maximum atomic E-state index is 13.3. The number of hydrogen-bond acceptors (Lipinski definition) is 3. The van der Waals surface area contributed by atoms with E-state index in [9.17, 15) is 4.39 Å². The highest BCUT2D eigenvalue weighted by atomic mass is 19.1. The summed E-state index contributed by atoms with van der Waals surface area (Å²) in [6.07, 6.45) is 3.70. The van der Waals surface area contributed by atoms with Crippen molar-refractivity contribution in [3.8, 4) is 5.75 Å². The number of aromatic nitrogens is 2. The second kappa shape index (κ2) is 6.52. The Morgan fingerprint density at radius 1 is 1.40 bits per heavy atom. The molecule has 0 fully saturated rings. The van der Waals surface area contributed by atoms with Crippen LogP contribution in [0.2, 0.25) is 0 Å². The number of halogens is 1. The van der Waals surface area contributed by atoms with Gasteiger partial charge in [0.15, 0.2) is 0 Å². The second-order valence-corrected chi connectivity index (χ2v) is 4.85. The van der Waals surface area contributed by atoms with Gasteiger partial charge < -0.3 is 10.1 Å². The summed E-state index contributed by atoms with van der Waals surface area (Å²) >= 11 is 0. The van der Waals surface area contributed by atoms with E-state index in [2.05, 4.69) is 24.3 Å². The predicted octanol–water partition coefficient (Wildman–Crippen LogP) is 2.77. The summed E-state index contributed by atoms with van der Waals surface area (Å²) in [6.45, 7) is 4.72. The lowest BCUT2D eigenvalue weighted by molar-refractivity contribution is 0.359. The molecule has 0 amide bonds. The first-order valence-corrected chi connectivity index (χ1v) is 6.66. The van der Waals surface area contributed by atoms with Gasteiger partial charge in [-0.15, -0.1) is 0 Å². The van der Waals surface area contributed by atoms with Crippen molar-refractivity contribution < 1.29 is 9.13 Å². The Morgan fingerprint density at radius 3 is 2.85 bits per heavy atom. The van der Waals surface area contributed by atoms with E-state index in [-0.39, 0.29) is 17.9 Å². The van der Waals surface area contributed by atoms with Gasteiger partial charge in [0, 0.05) is 30.5 Å². The minimum atomic E-state index is -0.254. The van der Waals surface area contributed by atoms with Crippen molar-refractivity contribution in [1.29, 1.82) is 0 Å². The van der Waals surface area contributed by atoms with Crippen LogP contribution in [-0.2, 0) is 6.54 Å². The highest BCUT2D eigenvalue weighted by Gasteiger charge is 2.14. The van der Waals surface area contributed by atoms with Crippen molar-refractivity contribution in [3.05, 3.63) is 48.0 Å². The summed E-state index contributed by atoms with van der Waals surface area (Å²) in [5, 5.41) is 7.61. The molecule has 0 aliphatic carbocycles. The molecule has 2 aromatic rings. The lowest BCUT2D eigenvalue weighted by atomic mass is 10.1. The van der Waals surface area contributed by atoms with Crippen LogP contribution in [0.15, 0.2) is 36.7 Å². The van der Waals surface area contributed by atoms with Gasteiger partial charge >= 0.3 is 0 Å². The van der Waals surface area contributed by atoms with Crippen LogP contribution in [0, 0.1) is 5.82 Å². The lowest BCUT2D eigenvalue weighted by Gasteiger charge is -2.22. The zero-order valence-electron chi connectivity index (χ0n) is 12.0. The second-order valence-electron chi connectivity index (χ2n) is 4.85. The average Bonchev–Trinajstić information content (AvgIpc) is 2.98. The van der Waals surface area contributed by atoms with E-state index in [0.717, 1.165) is 5.56 Å². The highest BCUT2D eigenvalue weighted by molar-refractivity contribution is 5.33. The van der Waals surface area contributed by atoms with E-state index in [1.807, 2.05) is 16.9 Å². The maximum absolute atomic E-state index is 13.3. The van der Waals surface area contributed by atoms with Gasteiger partial charge in [-0.2, -0.15) is 5.10 Å². The summed E-state index contributed by atoms with van der Waals surface area (Å²) in [5.41, 5.74) is 0.812. The van der Waals surface area contributed by atoms with Crippen LogP contribution in [0.25, 0.3) is 0 Å². The van der Waals surface area contributed by atoms with E-state index in [4.69, 9.17) is 4.74 Å². The summed E-state index contributed by atoms with van der Waals surface area (Å²) in [7, 11) is 1.59. The topological polar surface area (TPSA) is 39.1 Å². The first kappa shape index (κ1) is 14.5. The van der Waals surface area contributed by atoms with Crippen molar-refractivity contribution in [3.63, 3.8) is 0 Å². The molecule has 20 heavy (non-hydrogen) atoms. The Hall–Kier alpha value is -1.88. The first-order valence-electron chi connectivity index (χ1n) is 6.66. The van der Waals surface area contributed by atoms with Crippen LogP contribution < -0.4 is 10.1 Å². The molecule has 0 bridgehead atoms. The molecular weight excluding hydrogens is 257 g/mol. The third-order valence-corrected chi connectivity index (χ3v) is 3.52. The Labute approximate surface area is 118 Å². The van der Waals surface area contributed by atoms with Gasteiger partial charge in [0.25, 0.3) is 0 Å². The van der Waals surface area contributed by atoms with Gasteiger partial charge in [-0.3, -0.25) is 4.68 Å². The standard InChI is InChI=1S/C15H20FN3O/c1-11(12(2)19-8-4-7-18-19)17-10-13-9-14(16)5-6-15(13)20-3/h4-9,11-12,17H,10H2,1-3H3/t11-,12+/m1/s1. The van der Waals surface area contributed by atoms with E-state index < -0.39 is 0 Å². The molecule has 1 aromatic heterocycles. The summed E-state index contributed by atoms with van der Waals surface area (Å²) in [6, 6.07) is 6.86. The summed E-state index contributed by atoms with van der Waals surface area (Å²) in [5.74, 6) is 0.438. The fourth-order valence-electron chi connectivity index (χ4n) is 2.08. The largest absolute Gasteiger partial charge is 0.496 e. The molecule has 0 aliphatic heterocycles. The zero-order chi connectivity index (χ0) is 14.5. The number of methoxy groups -OCH3 is 1. The molecule has 1 N–H and O–H groups in total. The Balaban J connectivity index is 1.99. The van der Waals surface area contributed by atoms with Crippen molar-refractivity contribution in [2.24, 2.45) is 0 Å². The fourth-order valence-corrected chi connectivity index (χ4v) is 2.08. The molecule has 0 unspecified atom stereocenters. The Kier molecular flexibility index (Phi) is 4.74. The third kappa shape index (κ3) is 3.36. The third-order valence-electron chi connectivity index (χ3n) is 3.52. The minimum absolute atomic E-state index is 0.197. The number of rotatable bonds is 6. The van der Waals surface area contributed by atoms with Crippen LogP contribution in [0.1, 0.15) is 25.5 Å². The average molecular weight is 277 g/mol. The van der Waals surface area contributed by atoms with Crippen LogP contribution in [-0.4, -0.2) is 22.9 Å². The van der Waals surface area contributed by atoms with Crippen LogP contribution in [0.5, 0.6) is 5.75 Å². The smallest absolute Gasteiger partial charge is 0.123 e. The molecule has 0 aliphatic rings. The number of ether oxygens (including phenoxy) is 1. The van der Waals surface area contributed by atoms with Crippen molar-refractivity contribution in [2.75, 3.05) is 7.11 Å². The number of nitrogens with one attached hydrogen (secondary N) is 1. The van der Waals surface area contributed by atoms with E-state index in [1.165, 1.54) is 12.1 Å². The van der Waals surface area contributed by atoms with Crippen molar-refractivity contribution in [2.45, 2.75) is 32.5 Å². The lowest BCUT2D eigenvalue weighted by Crippen LogP contribution is -2.33. The monoisotopic (exact) mass is 277 g/mol. The van der Waals surface area contributed by atoms with Gasteiger partial charge in [-0.05, 0) is 38.1 Å². The summed E-state index contributed by atoms with van der Waals surface area (Å²) in [4.78, 5) is 0. The normalized spacial score (nSPS) is 14.0. The molecule has 1 heterocycles. The number of nitrogens with zero attached hydrogens (tertiary/aromatic N) is 2. The zero-order valence-corrected chi connectivity index (χ0v) is 12.0. The van der Waals surface area contributed by atoms with Crippen molar-refractivity contribution >= 4 is 0 Å². The first-order chi connectivity index (χ1) is 9.61. The molecule has 0 radical (unpaired) electrons. The van der Waals surface area contributed by atoms with Crippen molar-refractivity contribution in [1.82, 2.24) is 15.1 Å². The van der Waals surface area contributed by atoms with E-state index >= 15 is 0 Å². The van der Waals surface area contributed by atoms with E-state index in [0.29, 0.717) is 12.3 Å². The SMILES string of the molecule is COc1ccc(F)cc1CN[C@H](C)[C@H](C)n1cccn1.